The van der Waals surface area contributed by atoms with E-state index in [1.54, 1.807) is 0 Å². The van der Waals surface area contributed by atoms with Crippen molar-refractivity contribution in [3.05, 3.63) is 22.4 Å². The van der Waals surface area contributed by atoms with E-state index in [0.29, 0.717) is 6.04 Å². The minimum Gasteiger partial charge on any atom is -0.311 e. The lowest BCUT2D eigenvalue weighted by Gasteiger charge is -2.43. The first kappa shape index (κ1) is 14.6. The van der Waals surface area contributed by atoms with Crippen molar-refractivity contribution in [2.24, 2.45) is 5.92 Å². The molecule has 1 saturated carbocycles. The van der Waals surface area contributed by atoms with E-state index in [0.717, 1.165) is 12.0 Å². The van der Waals surface area contributed by atoms with Crippen molar-refractivity contribution in [2.75, 3.05) is 19.6 Å². The van der Waals surface area contributed by atoms with Crippen molar-refractivity contribution in [2.45, 2.75) is 57.5 Å². The highest BCUT2D eigenvalue weighted by Crippen LogP contribution is 2.36. The van der Waals surface area contributed by atoms with Crippen LogP contribution in [-0.4, -0.2) is 36.6 Å². The fourth-order valence-electron chi connectivity index (χ4n) is 3.54. The van der Waals surface area contributed by atoms with Gasteiger partial charge in [-0.15, -0.1) is 11.3 Å². The van der Waals surface area contributed by atoms with Crippen LogP contribution >= 0.6 is 11.3 Å². The van der Waals surface area contributed by atoms with E-state index in [1.807, 2.05) is 11.3 Å². The molecule has 1 saturated heterocycles. The van der Waals surface area contributed by atoms with Gasteiger partial charge in [0, 0.05) is 42.0 Å². The van der Waals surface area contributed by atoms with E-state index < -0.39 is 0 Å². The summed E-state index contributed by atoms with van der Waals surface area (Å²) in [6.45, 7) is 10.8. The van der Waals surface area contributed by atoms with Crippen LogP contribution in [-0.2, 0) is 5.41 Å². The second-order valence-electron chi connectivity index (χ2n) is 7.20. The monoisotopic (exact) mass is 292 g/mol. The second kappa shape index (κ2) is 5.78. The van der Waals surface area contributed by atoms with E-state index in [-0.39, 0.29) is 5.41 Å². The van der Waals surface area contributed by atoms with Crippen LogP contribution in [0.15, 0.2) is 17.5 Å². The van der Waals surface area contributed by atoms with Crippen molar-refractivity contribution in [3.63, 3.8) is 0 Å². The van der Waals surface area contributed by atoms with E-state index in [9.17, 15) is 0 Å². The van der Waals surface area contributed by atoms with E-state index >= 15 is 0 Å². The van der Waals surface area contributed by atoms with Crippen molar-refractivity contribution >= 4 is 11.3 Å². The lowest BCUT2D eigenvalue weighted by atomic mass is 9.89. The van der Waals surface area contributed by atoms with Crippen LogP contribution in [0.3, 0.4) is 0 Å². The SMILES string of the molecule is CCC1CNC(C2CC2)CN1CC(C)(C)c1cccs1. The molecule has 2 fully saturated rings. The molecule has 0 spiro atoms. The van der Waals surface area contributed by atoms with E-state index in [2.05, 4.69) is 48.5 Å². The predicted octanol–water partition coefficient (Wildman–Crippen LogP) is 3.49. The zero-order chi connectivity index (χ0) is 14.2. The standard InChI is InChI=1S/C17H28N2S/c1-4-14-10-18-15(13-7-8-13)11-19(14)12-17(2,3)16-6-5-9-20-16/h5-6,9,13-15,18H,4,7-8,10-12H2,1-3H3. The maximum absolute atomic E-state index is 3.79. The van der Waals surface area contributed by atoms with Crippen LogP contribution in [0, 0.1) is 5.92 Å². The normalized spacial score (nSPS) is 28.8. The molecule has 3 heteroatoms. The van der Waals surface area contributed by atoms with Crippen molar-refractivity contribution in [1.82, 2.24) is 10.2 Å². The molecule has 1 aromatic heterocycles. The zero-order valence-corrected chi connectivity index (χ0v) is 13.9. The van der Waals surface area contributed by atoms with Crippen LogP contribution < -0.4 is 5.32 Å². The van der Waals surface area contributed by atoms with Gasteiger partial charge in [-0.3, -0.25) is 4.90 Å². The number of nitrogens with one attached hydrogen (secondary N) is 1. The average Bonchev–Trinajstić information content (AvgIpc) is 3.12. The van der Waals surface area contributed by atoms with Crippen LogP contribution in [0.2, 0.25) is 0 Å². The Morgan fingerprint density at radius 2 is 2.20 bits per heavy atom. The van der Waals surface area contributed by atoms with Gasteiger partial charge in [0.15, 0.2) is 0 Å². The molecule has 112 valence electrons. The molecule has 0 amide bonds. The van der Waals surface area contributed by atoms with Gasteiger partial charge in [-0.05, 0) is 36.6 Å². The number of piperazine rings is 1. The molecule has 20 heavy (non-hydrogen) atoms. The Kier molecular flexibility index (Phi) is 4.21. The third kappa shape index (κ3) is 3.10. The van der Waals surface area contributed by atoms with Gasteiger partial charge in [0.25, 0.3) is 0 Å². The van der Waals surface area contributed by atoms with Gasteiger partial charge >= 0.3 is 0 Å². The quantitative estimate of drug-likeness (QED) is 0.894. The Balaban J connectivity index is 1.69. The van der Waals surface area contributed by atoms with Crippen molar-refractivity contribution in [3.8, 4) is 0 Å². The Labute approximate surface area is 127 Å². The molecule has 3 rings (SSSR count). The smallest absolute Gasteiger partial charge is 0.0224 e. The number of hydrogen-bond acceptors (Lipinski definition) is 3. The van der Waals surface area contributed by atoms with E-state index in [4.69, 9.17) is 0 Å². The van der Waals surface area contributed by atoms with Crippen LogP contribution in [0.5, 0.6) is 0 Å². The Hall–Kier alpha value is -0.380. The molecule has 2 atom stereocenters. The Morgan fingerprint density at radius 3 is 2.80 bits per heavy atom. The van der Waals surface area contributed by atoms with Crippen molar-refractivity contribution in [1.29, 1.82) is 0 Å². The topological polar surface area (TPSA) is 15.3 Å². The molecule has 1 aliphatic carbocycles. The Bertz CT molecular complexity index is 422. The van der Waals surface area contributed by atoms with Crippen LogP contribution in [0.25, 0.3) is 0 Å². The fraction of sp³-hybridized carbons (Fsp3) is 0.765. The molecule has 2 nitrogen and oxygen atoms in total. The zero-order valence-electron chi connectivity index (χ0n) is 13.1. The molecule has 1 aromatic rings. The number of thiophene rings is 1. The summed E-state index contributed by atoms with van der Waals surface area (Å²) in [5.41, 5.74) is 0.271. The summed E-state index contributed by atoms with van der Waals surface area (Å²) >= 11 is 1.90. The van der Waals surface area contributed by atoms with Gasteiger partial charge in [0.1, 0.15) is 0 Å². The first-order valence-corrected chi connectivity index (χ1v) is 8.99. The van der Waals surface area contributed by atoms with Crippen molar-refractivity contribution < 1.29 is 0 Å². The molecule has 0 radical (unpaired) electrons. The van der Waals surface area contributed by atoms with E-state index in [1.165, 1.54) is 43.8 Å². The number of rotatable bonds is 5. The van der Waals surface area contributed by atoms with Gasteiger partial charge in [0.05, 0.1) is 0 Å². The lowest BCUT2D eigenvalue weighted by Crippen LogP contribution is -2.59. The van der Waals surface area contributed by atoms with Gasteiger partial charge in [-0.2, -0.15) is 0 Å². The van der Waals surface area contributed by atoms with Gasteiger partial charge in [0.2, 0.25) is 0 Å². The predicted molar refractivity (Wildman–Crippen MR) is 87.5 cm³/mol. The maximum atomic E-state index is 3.79. The van der Waals surface area contributed by atoms with Gasteiger partial charge in [-0.25, -0.2) is 0 Å². The lowest BCUT2D eigenvalue weighted by molar-refractivity contribution is 0.0978. The number of nitrogens with zero attached hydrogens (tertiary/aromatic N) is 1. The summed E-state index contributed by atoms with van der Waals surface area (Å²) in [6.07, 6.45) is 4.14. The summed E-state index contributed by atoms with van der Waals surface area (Å²) in [6, 6.07) is 5.94. The van der Waals surface area contributed by atoms with Crippen LogP contribution in [0.4, 0.5) is 0 Å². The molecular formula is C17H28N2S. The third-order valence-electron chi connectivity index (χ3n) is 5.01. The largest absolute Gasteiger partial charge is 0.311 e. The van der Waals surface area contributed by atoms with Gasteiger partial charge < -0.3 is 5.32 Å². The summed E-state index contributed by atoms with van der Waals surface area (Å²) in [5, 5.41) is 6.00. The van der Waals surface area contributed by atoms with Gasteiger partial charge in [-0.1, -0.05) is 26.8 Å². The minimum absolute atomic E-state index is 0.271. The fourth-order valence-corrected chi connectivity index (χ4v) is 4.39. The summed E-state index contributed by atoms with van der Waals surface area (Å²) in [4.78, 5) is 4.29. The highest BCUT2D eigenvalue weighted by atomic mass is 32.1. The third-order valence-corrected chi connectivity index (χ3v) is 6.25. The van der Waals surface area contributed by atoms with Crippen LogP contribution in [0.1, 0.15) is 44.9 Å². The average molecular weight is 292 g/mol. The molecule has 2 unspecified atom stereocenters. The summed E-state index contributed by atoms with van der Waals surface area (Å²) in [7, 11) is 0. The molecule has 1 aliphatic heterocycles. The molecule has 0 bridgehead atoms. The molecule has 2 heterocycles. The molecule has 1 N–H and O–H groups in total. The highest BCUT2D eigenvalue weighted by molar-refractivity contribution is 7.10. The first-order valence-electron chi connectivity index (χ1n) is 8.11. The maximum Gasteiger partial charge on any atom is 0.0224 e. The first-order chi connectivity index (χ1) is 9.60. The Morgan fingerprint density at radius 1 is 1.40 bits per heavy atom. The molecular weight excluding hydrogens is 264 g/mol. The summed E-state index contributed by atoms with van der Waals surface area (Å²) in [5.74, 6) is 0.958. The minimum atomic E-state index is 0.271. The number of hydrogen-bond donors (Lipinski definition) is 1. The second-order valence-corrected chi connectivity index (χ2v) is 8.15. The molecule has 2 aliphatic rings. The molecule has 0 aromatic carbocycles. The summed E-state index contributed by atoms with van der Waals surface area (Å²) < 4.78 is 0. The highest BCUT2D eigenvalue weighted by Gasteiger charge is 2.38.